The van der Waals surface area contributed by atoms with E-state index in [9.17, 15) is 9.59 Å². The number of benzene rings is 1. The molecular weight excluding hydrogens is 644 g/mol. The molecule has 0 aliphatic heterocycles. The molecule has 1 aromatic carbocycles. The normalized spacial score (nSPS) is 25.2. The summed E-state index contributed by atoms with van der Waals surface area (Å²) in [5.74, 6) is 1.72. The highest BCUT2D eigenvalue weighted by atomic mass is 16.6. The van der Waals surface area contributed by atoms with E-state index in [0.717, 1.165) is 50.4 Å². The number of carbonyl (C=O) groups excluding carboxylic acids is 2. The van der Waals surface area contributed by atoms with Crippen molar-refractivity contribution >= 4 is 11.9 Å². The quantitative estimate of drug-likeness (QED) is 0.0745. The van der Waals surface area contributed by atoms with E-state index in [0.29, 0.717) is 25.0 Å². The Morgan fingerprint density at radius 2 is 1.14 bits per heavy atom. The van der Waals surface area contributed by atoms with Crippen LogP contribution in [0.4, 0.5) is 0 Å². The number of aliphatic hydroxyl groups excluding tert-OH is 2. The molecule has 286 valence electrons. The van der Waals surface area contributed by atoms with Crippen LogP contribution in [0.2, 0.25) is 0 Å². The van der Waals surface area contributed by atoms with Gasteiger partial charge in [0.25, 0.3) is 0 Å². The van der Waals surface area contributed by atoms with E-state index >= 15 is 0 Å². The van der Waals surface area contributed by atoms with Gasteiger partial charge in [-0.15, -0.1) is 0 Å². The average molecular weight is 711 g/mol. The zero-order valence-corrected chi connectivity index (χ0v) is 31.4. The number of hydrogen-bond acceptors (Lipinski definition) is 8. The number of hydrogen-bond donors (Lipinski definition) is 2. The van der Waals surface area contributed by atoms with Crippen LogP contribution < -0.4 is 0 Å². The van der Waals surface area contributed by atoms with Crippen LogP contribution in [0.15, 0.2) is 42.5 Å². The lowest BCUT2D eigenvalue weighted by Gasteiger charge is -2.38. The Hall–Kier alpha value is -2.52. The topological polar surface area (TPSA) is 112 Å². The van der Waals surface area contributed by atoms with Gasteiger partial charge < -0.3 is 29.2 Å². The third-order valence-electron chi connectivity index (χ3n) is 11.8. The molecule has 0 amide bonds. The third kappa shape index (κ3) is 13.4. The summed E-state index contributed by atoms with van der Waals surface area (Å²) in [6.45, 7) is 9.66. The standard InChI is InChI=1S/C43H66O8/c1-4-5-6-7-8-9-38-28-37(35-16-21-40(22-17-35)49-25-27-51-43(47)32(3)30-45)18-23-41(38)36-12-10-33(11-13-36)34-14-19-39(20-15-34)48-24-26-50-42(46)31(2)29-44/h18,23,28,33-36,39-40,44-45H,2-17,19-22,24-27,29-30H2,1H3. The van der Waals surface area contributed by atoms with Crippen LogP contribution in [0.5, 0.6) is 0 Å². The fourth-order valence-electron chi connectivity index (χ4n) is 8.64. The predicted octanol–water partition coefficient (Wildman–Crippen LogP) is 8.27. The van der Waals surface area contributed by atoms with Crippen LogP contribution >= 0.6 is 0 Å². The van der Waals surface area contributed by atoms with Gasteiger partial charge >= 0.3 is 11.9 Å². The number of aliphatic hydroxyl groups is 2. The number of esters is 2. The van der Waals surface area contributed by atoms with Crippen molar-refractivity contribution in [3.63, 3.8) is 0 Å². The summed E-state index contributed by atoms with van der Waals surface area (Å²) in [5, 5.41) is 18.0. The summed E-state index contributed by atoms with van der Waals surface area (Å²) in [5.41, 5.74) is 4.85. The number of ether oxygens (including phenoxy) is 4. The number of rotatable bonds is 21. The largest absolute Gasteiger partial charge is 0.460 e. The summed E-state index contributed by atoms with van der Waals surface area (Å²) in [6.07, 6.45) is 22.3. The van der Waals surface area contributed by atoms with Crippen LogP contribution in [-0.2, 0) is 35.0 Å². The van der Waals surface area contributed by atoms with Crippen molar-refractivity contribution in [2.75, 3.05) is 39.6 Å². The minimum absolute atomic E-state index is 0.0687. The summed E-state index contributed by atoms with van der Waals surface area (Å²) >= 11 is 0. The first-order valence-electron chi connectivity index (χ1n) is 20.1. The maximum Gasteiger partial charge on any atom is 0.335 e. The lowest BCUT2D eigenvalue weighted by atomic mass is 9.69. The first-order valence-corrected chi connectivity index (χ1v) is 20.1. The van der Waals surface area contributed by atoms with Gasteiger partial charge in [0.1, 0.15) is 13.2 Å². The fourth-order valence-corrected chi connectivity index (χ4v) is 8.64. The molecule has 2 N–H and O–H groups in total. The molecule has 0 aromatic heterocycles. The highest BCUT2D eigenvalue weighted by Crippen LogP contribution is 2.45. The monoisotopic (exact) mass is 710 g/mol. The van der Waals surface area contributed by atoms with E-state index in [1.165, 1.54) is 82.6 Å². The Morgan fingerprint density at radius 1 is 0.647 bits per heavy atom. The maximum absolute atomic E-state index is 11.7. The predicted molar refractivity (Wildman–Crippen MR) is 201 cm³/mol. The van der Waals surface area contributed by atoms with Gasteiger partial charge in [-0.05, 0) is 130 Å². The Bertz CT molecular complexity index is 1220. The molecule has 3 fully saturated rings. The molecule has 3 aliphatic carbocycles. The summed E-state index contributed by atoms with van der Waals surface area (Å²) in [4.78, 5) is 23.3. The van der Waals surface area contributed by atoms with Crippen LogP contribution in [0.1, 0.15) is 145 Å². The fraction of sp³-hybridized carbons (Fsp3) is 0.721. The molecule has 0 atom stereocenters. The summed E-state index contributed by atoms with van der Waals surface area (Å²) in [7, 11) is 0. The van der Waals surface area contributed by atoms with Gasteiger partial charge in [0, 0.05) is 0 Å². The Morgan fingerprint density at radius 3 is 1.67 bits per heavy atom. The molecule has 0 radical (unpaired) electrons. The van der Waals surface area contributed by atoms with E-state index in [1.807, 2.05) is 0 Å². The molecule has 0 spiro atoms. The molecule has 51 heavy (non-hydrogen) atoms. The summed E-state index contributed by atoms with van der Waals surface area (Å²) in [6, 6.07) is 7.51. The Labute approximate surface area is 307 Å². The van der Waals surface area contributed by atoms with E-state index < -0.39 is 11.9 Å². The van der Waals surface area contributed by atoms with E-state index in [1.54, 1.807) is 11.1 Å². The first kappa shape index (κ1) is 41.2. The van der Waals surface area contributed by atoms with Crippen LogP contribution in [0, 0.1) is 11.8 Å². The lowest BCUT2D eigenvalue weighted by molar-refractivity contribution is -0.142. The second-order valence-corrected chi connectivity index (χ2v) is 15.3. The van der Waals surface area contributed by atoms with Crippen molar-refractivity contribution in [3.8, 4) is 0 Å². The highest BCUT2D eigenvalue weighted by Gasteiger charge is 2.32. The van der Waals surface area contributed by atoms with Gasteiger partial charge in [-0.1, -0.05) is 64.0 Å². The molecule has 8 heteroatoms. The SMILES string of the molecule is C=C(CO)C(=O)OCCOC1CCC(c2ccc(C3CCC(C4CCC(OCCOC(=O)C(=C)CO)CC4)CC3)c(CCCCCCC)c2)CC1. The molecule has 3 saturated carbocycles. The van der Waals surface area contributed by atoms with Crippen LogP contribution in [0.3, 0.4) is 0 Å². The molecule has 0 saturated heterocycles. The van der Waals surface area contributed by atoms with E-state index in [-0.39, 0.29) is 49.8 Å². The molecule has 4 rings (SSSR count). The van der Waals surface area contributed by atoms with Gasteiger partial charge in [-0.2, -0.15) is 0 Å². The molecule has 0 unspecified atom stereocenters. The minimum Gasteiger partial charge on any atom is -0.460 e. The smallest absolute Gasteiger partial charge is 0.335 e. The number of aryl methyl sites for hydroxylation is 1. The molecule has 0 heterocycles. The molecule has 3 aliphatic rings. The van der Waals surface area contributed by atoms with E-state index in [4.69, 9.17) is 29.2 Å². The maximum atomic E-state index is 11.7. The highest BCUT2D eigenvalue weighted by molar-refractivity contribution is 5.88. The van der Waals surface area contributed by atoms with Crippen molar-refractivity contribution in [1.29, 1.82) is 0 Å². The van der Waals surface area contributed by atoms with Crippen molar-refractivity contribution < 1.29 is 38.7 Å². The molecule has 8 nitrogen and oxygen atoms in total. The lowest BCUT2D eigenvalue weighted by Crippen LogP contribution is -2.29. The van der Waals surface area contributed by atoms with Crippen molar-refractivity contribution in [1.82, 2.24) is 0 Å². The zero-order chi connectivity index (χ0) is 36.4. The van der Waals surface area contributed by atoms with E-state index in [2.05, 4.69) is 38.3 Å². The average Bonchev–Trinajstić information content (AvgIpc) is 3.17. The van der Waals surface area contributed by atoms with Crippen LogP contribution in [-0.4, -0.2) is 74.0 Å². The van der Waals surface area contributed by atoms with Crippen molar-refractivity contribution in [2.45, 2.75) is 147 Å². The molecule has 0 bridgehead atoms. The number of unbranched alkanes of at least 4 members (excludes halogenated alkanes) is 4. The molecule has 1 aromatic rings. The van der Waals surface area contributed by atoms with Gasteiger partial charge in [0.15, 0.2) is 0 Å². The van der Waals surface area contributed by atoms with Gasteiger partial charge in [0.2, 0.25) is 0 Å². The van der Waals surface area contributed by atoms with Gasteiger partial charge in [0.05, 0.1) is 49.8 Å². The second-order valence-electron chi connectivity index (χ2n) is 15.3. The Balaban J connectivity index is 1.23. The minimum atomic E-state index is -0.560. The van der Waals surface area contributed by atoms with Gasteiger partial charge in [-0.3, -0.25) is 0 Å². The zero-order valence-electron chi connectivity index (χ0n) is 31.4. The number of carbonyl (C=O) groups is 2. The third-order valence-corrected chi connectivity index (χ3v) is 11.8. The van der Waals surface area contributed by atoms with Crippen molar-refractivity contribution in [3.05, 3.63) is 59.2 Å². The van der Waals surface area contributed by atoms with Gasteiger partial charge in [-0.25, -0.2) is 9.59 Å². The van der Waals surface area contributed by atoms with Crippen LogP contribution in [0.25, 0.3) is 0 Å². The molecular formula is C43H66O8. The second kappa shape index (κ2) is 22.5. The Kier molecular flexibility index (Phi) is 18.2. The first-order chi connectivity index (χ1) is 24.8. The summed E-state index contributed by atoms with van der Waals surface area (Å²) < 4.78 is 22.3. The van der Waals surface area contributed by atoms with Crippen molar-refractivity contribution in [2.24, 2.45) is 11.8 Å².